The summed E-state index contributed by atoms with van der Waals surface area (Å²) in [4.78, 5) is 17.9. The minimum absolute atomic E-state index is 0.127. The second kappa shape index (κ2) is 3.65. The molecule has 0 bridgehead atoms. The van der Waals surface area contributed by atoms with Crippen molar-refractivity contribution in [3.8, 4) is 0 Å². The molecule has 15 heavy (non-hydrogen) atoms. The molecule has 0 saturated carbocycles. The average molecular weight is 204 g/mol. The number of hydrogen-bond donors (Lipinski definition) is 0. The van der Waals surface area contributed by atoms with Gasteiger partial charge in [-0.05, 0) is 24.0 Å². The van der Waals surface area contributed by atoms with E-state index >= 15 is 0 Å². The van der Waals surface area contributed by atoms with Gasteiger partial charge in [0.25, 0.3) is 5.91 Å². The summed E-state index contributed by atoms with van der Waals surface area (Å²) in [6.45, 7) is 7.80. The van der Waals surface area contributed by atoms with E-state index in [1.165, 1.54) is 11.1 Å². The highest BCUT2D eigenvalue weighted by Crippen LogP contribution is 2.28. The molecule has 0 unspecified atom stereocenters. The van der Waals surface area contributed by atoms with E-state index < -0.39 is 0 Å². The lowest BCUT2D eigenvalue weighted by Crippen LogP contribution is -2.22. The lowest BCUT2D eigenvalue weighted by Gasteiger charge is -2.12. The first-order chi connectivity index (χ1) is 7.15. The van der Waals surface area contributed by atoms with Crippen molar-refractivity contribution in [1.29, 1.82) is 0 Å². The Balaban J connectivity index is 2.49. The number of rotatable bonds is 2. The molecule has 0 atom stereocenters. The normalized spacial score (nSPS) is 14.9. The monoisotopic (exact) mass is 204 g/mol. The zero-order valence-corrected chi connectivity index (χ0v) is 9.45. The van der Waals surface area contributed by atoms with Crippen molar-refractivity contribution in [2.45, 2.75) is 33.2 Å². The quantitative estimate of drug-likeness (QED) is 0.739. The molecule has 0 radical (unpaired) electrons. The van der Waals surface area contributed by atoms with Gasteiger partial charge in [-0.15, -0.1) is 0 Å². The number of hydrogen-bond acceptors (Lipinski definition) is 2. The van der Waals surface area contributed by atoms with Crippen molar-refractivity contribution in [3.63, 3.8) is 0 Å². The number of pyridine rings is 1. The molecule has 2 heterocycles. The number of aromatic nitrogens is 1. The minimum Gasteiger partial charge on any atom is -0.335 e. The molecule has 3 nitrogen and oxygen atoms in total. The smallest absolute Gasteiger partial charge is 0.256 e. The van der Waals surface area contributed by atoms with Gasteiger partial charge in [-0.25, -0.2) is 0 Å². The topological polar surface area (TPSA) is 33.2 Å². The summed E-state index contributed by atoms with van der Waals surface area (Å²) in [7, 11) is 0. The maximum Gasteiger partial charge on any atom is 0.256 e. The SMILES string of the molecule is CCN1Cc2c(cncc2C(C)C)C1=O. The van der Waals surface area contributed by atoms with Crippen LogP contribution in [-0.4, -0.2) is 22.3 Å². The van der Waals surface area contributed by atoms with Crippen LogP contribution in [0, 0.1) is 0 Å². The molecule has 1 aliphatic heterocycles. The van der Waals surface area contributed by atoms with Crippen molar-refractivity contribution in [2.24, 2.45) is 0 Å². The molecule has 1 amide bonds. The summed E-state index contributed by atoms with van der Waals surface area (Å²) in [5.41, 5.74) is 3.17. The number of nitrogens with zero attached hydrogens (tertiary/aromatic N) is 2. The maximum absolute atomic E-state index is 11.9. The van der Waals surface area contributed by atoms with E-state index in [2.05, 4.69) is 18.8 Å². The van der Waals surface area contributed by atoms with Gasteiger partial charge in [-0.3, -0.25) is 9.78 Å². The van der Waals surface area contributed by atoms with Gasteiger partial charge in [-0.2, -0.15) is 0 Å². The highest BCUT2D eigenvalue weighted by molar-refractivity contribution is 5.98. The van der Waals surface area contributed by atoms with Crippen LogP contribution in [0.25, 0.3) is 0 Å². The van der Waals surface area contributed by atoms with Crippen molar-refractivity contribution < 1.29 is 4.79 Å². The molecule has 0 aliphatic carbocycles. The van der Waals surface area contributed by atoms with Crippen molar-refractivity contribution in [1.82, 2.24) is 9.88 Å². The van der Waals surface area contributed by atoms with E-state index in [1.807, 2.05) is 18.0 Å². The van der Waals surface area contributed by atoms with Gasteiger partial charge in [0, 0.05) is 25.5 Å². The number of carbonyl (C=O) groups is 1. The number of fused-ring (bicyclic) bond motifs is 1. The highest BCUT2D eigenvalue weighted by atomic mass is 16.2. The first kappa shape index (κ1) is 10.1. The van der Waals surface area contributed by atoms with Gasteiger partial charge in [0.2, 0.25) is 0 Å². The summed E-state index contributed by atoms with van der Waals surface area (Å²) in [5.74, 6) is 0.555. The third-order valence-electron chi connectivity index (χ3n) is 2.96. The Morgan fingerprint density at radius 1 is 1.47 bits per heavy atom. The molecule has 1 aliphatic rings. The summed E-state index contributed by atoms with van der Waals surface area (Å²) in [5, 5.41) is 0. The van der Waals surface area contributed by atoms with Gasteiger partial charge in [0.15, 0.2) is 0 Å². The van der Waals surface area contributed by atoms with Crippen molar-refractivity contribution >= 4 is 5.91 Å². The molecular weight excluding hydrogens is 188 g/mol. The molecule has 80 valence electrons. The van der Waals surface area contributed by atoms with E-state index in [4.69, 9.17) is 0 Å². The average Bonchev–Trinajstić information content (AvgIpc) is 2.55. The largest absolute Gasteiger partial charge is 0.335 e. The molecule has 0 N–H and O–H groups in total. The molecule has 3 heteroatoms. The van der Waals surface area contributed by atoms with E-state index in [-0.39, 0.29) is 5.91 Å². The van der Waals surface area contributed by atoms with Crippen molar-refractivity contribution in [3.05, 3.63) is 29.1 Å². The maximum atomic E-state index is 11.9. The third kappa shape index (κ3) is 1.52. The molecule has 1 aromatic rings. The fourth-order valence-corrected chi connectivity index (χ4v) is 2.05. The van der Waals surface area contributed by atoms with Gasteiger partial charge >= 0.3 is 0 Å². The van der Waals surface area contributed by atoms with Crippen LogP contribution < -0.4 is 0 Å². The van der Waals surface area contributed by atoms with E-state index in [1.54, 1.807) is 6.20 Å². The standard InChI is InChI=1S/C12H16N2O/c1-4-14-7-11-9(8(2)3)5-13-6-10(11)12(14)15/h5-6,8H,4,7H2,1-3H3. The fraction of sp³-hybridized carbons (Fsp3) is 0.500. The summed E-state index contributed by atoms with van der Waals surface area (Å²) in [6.07, 6.45) is 3.58. The van der Waals surface area contributed by atoms with Gasteiger partial charge in [0.05, 0.1) is 5.56 Å². The van der Waals surface area contributed by atoms with Crippen LogP contribution in [0.1, 0.15) is 48.2 Å². The van der Waals surface area contributed by atoms with E-state index in [9.17, 15) is 4.79 Å². The van der Waals surface area contributed by atoms with Crippen LogP contribution in [0.3, 0.4) is 0 Å². The fourth-order valence-electron chi connectivity index (χ4n) is 2.05. The second-order valence-corrected chi connectivity index (χ2v) is 4.23. The molecule has 0 spiro atoms. The molecular formula is C12H16N2O. The molecule has 2 rings (SSSR count). The van der Waals surface area contributed by atoms with Crippen LogP contribution in [0.15, 0.2) is 12.4 Å². The van der Waals surface area contributed by atoms with Crippen molar-refractivity contribution in [2.75, 3.05) is 6.54 Å². The Morgan fingerprint density at radius 2 is 2.20 bits per heavy atom. The number of amides is 1. The second-order valence-electron chi connectivity index (χ2n) is 4.23. The Bertz CT molecular complexity index is 399. The van der Waals surface area contributed by atoms with E-state index in [0.717, 1.165) is 18.7 Å². The zero-order chi connectivity index (χ0) is 11.0. The Labute approximate surface area is 90.1 Å². The van der Waals surface area contributed by atoms with E-state index in [0.29, 0.717) is 5.92 Å². The first-order valence-electron chi connectivity index (χ1n) is 5.41. The Hall–Kier alpha value is -1.38. The minimum atomic E-state index is 0.127. The zero-order valence-electron chi connectivity index (χ0n) is 9.45. The van der Waals surface area contributed by atoms with Gasteiger partial charge < -0.3 is 4.90 Å². The van der Waals surface area contributed by atoms with Crippen LogP contribution >= 0.6 is 0 Å². The summed E-state index contributed by atoms with van der Waals surface area (Å²) in [6, 6.07) is 0. The van der Waals surface area contributed by atoms with Crippen LogP contribution in [0.2, 0.25) is 0 Å². The Kier molecular flexibility index (Phi) is 2.47. The lowest BCUT2D eigenvalue weighted by atomic mass is 9.98. The number of carbonyl (C=O) groups excluding carboxylic acids is 1. The van der Waals surface area contributed by atoms with Crippen LogP contribution in [0.4, 0.5) is 0 Å². The molecule has 0 aromatic carbocycles. The van der Waals surface area contributed by atoms with Gasteiger partial charge in [-0.1, -0.05) is 13.8 Å². The lowest BCUT2D eigenvalue weighted by molar-refractivity contribution is 0.0787. The van der Waals surface area contributed by atoms with Crippen LogP contribution in [-0.2, 0) is 6.54 Å². The predicted molar refractivity (Wildman–Crippen MR) is 58.7 cm³/mol. The van der Waals surface area contributed by atoms with Gasteiger partial charge in [0.1, 0.15) is 0 Å². The molecule has 0 saturated heterocycles. The molecule has 1 aromatic heterocycles. The third-order valence-corrected chi connectivity index (χ3v) is 2.96. The summed E-state index contributed by atoms with van der Waals surface area (Å²) >= 11 is 0. The molecule has 0 fully saturated rings. The first-order valence-corrected chi connectivity index (χ1v) is 5.41. The van der Waals surface area contributed by atoms with Crippen LogP contribution in [0.5, 0.6) is 0 Å². The highest BCUT2D eigenvalue weighted by Gasteiger charge is 2.28. The Morgan fingerprint density at radius 3 is 2.80 bits per heavy atom. The summed E-state index contributed by atoms with van der Waals surface area (Å²) < 4.78 is 0. The predicted octanol–water partition coefficient (Wildman–Crippen LogP) is 2.18.